The third-order valence-electron chi connectivity index (χ3n) is 2.82. The lowest BCUT2D eigenvalue weighted by Crippen LogP contribution is -2.46. The van der Waals surface area contributed by atoms with Gasteiger partial charge in [-0.25, -0.2) is 0 Å². The summed E-state index contributed by atoms with van der Waals surface area (Å²) in [6.45, 7) is 7.95. The molecule has 78 valence electrons. The van der Waals surface area contributed by atoms with Crippen molar-refractivity contribution in [1.82, 2.24) is 9.80 Å². The Morgan fingerprint density at radius 3 is 2.62 bits per heavy atom. The Kier molecular flexibility index (Phi) is 4.16. The van der Waals surface area contributed by atoms with Gasteiger partial charge in [0.05, 0.1) is 6.61 Å². The molecular weight excluding hydrogens is 164 g/mol. The first kappa shape index (κ1) is 11.0. The molecule has 13 heavy (non-hydrogen) atoms. The molecule has 0 spiro atoms. The molecule has 1 N–H and O–H groups in total. The van der Waals surface area contributed by atoms with Gasteiger partial charge in [-0.05, 0) is 33.9 Å². The van der Waals surface area contributed by atoms with Gasteiger partial charge in [0.15, 0.2) is 0 Å². The van der Waals surface area contributed by atoms with Crippen molar-refractivity contribution >= 4 is 0 Å². The Labute approximate surface area is 81.3 Å². The lowest BCUT2D eigenvalue weighted by Gasteiger charge is -2.32. The summed E-state index contributed by atoms with van der Waals surface area (Å²) < 4.78 is 0. The highest BCUT2D eigenvalue weighted by Gasteiger charge is 2.24. The van der Waals surface area contributed by atoms with Crippen molar-refractivity contribution in [1.29, 1.82) is 0 Å². The summed E-state index contributed by atoms with van der Waals surface area (Å²) in [7, 11) is 2.13. The normalized spacial score (nSPS) is 27.9. The second-order valence-electron chi connectivity index (χ2n) is 4.28. The van der Waals surface area contributed by atoms with Crippen LogP contribution in [0.3, 0.4) is 0 Å². The molecule has 0 bridgehead atoms. The van der Waals surface area contributed by atoms with Crippen LogP contribution in [0, 0.1) is 0 Å². The fourth-order valence-corrected chi connectivity index (χ4v) is 2.10. The maximum atomic E-state index is 9.28. The Hall–Kier alpha value is -0.120. The molecule has 0 aromatic rings. The van der Waals surface area contributed by atoms with Crippen LogP contribution in [0.2, 0.25) is 0 Å². The number of rotatable bonds is 2. The topological polar surface area (TPSA) is 26.7 Å². The van der Waals surface area contributed by atoms with E-state index in [9.17, 15) is 5.11 Å². The maximum absolute atomic E-state index is 9.28. The van der Waals surface area contributed by atoms with E-state index in [1.807, 2.05) is 0 Å². The molecule has 0 aliphatic carbocycles. The Morgan fingerprint density at radius 2 is 2.08 bits per heavy atom. The van der Waals surface area contributed by atoms with Crippen molar-refractivity contribution in [2.45, 2.75) is 32.4 Å². The van der Waals surface area contributed by atoms with Gasteiger partial charge in [-0.2, -0.15) is 0 Å². The quantitative estimate of drug-likeness (QED) is 0.676. The Balaban J connectivity index is 2.58. The molecule has 1 saturated heterocycles. The predicted octanol–water partition coefficient (Wildman–Crippen LogP) is 0.393. The summed E-state index contributed by atoms with van der Waals surface area (Å²) in [6, 6.07) is 0.871. The van der Waals surface area contributed by atoms with Gasteiger partial charge < -0.3 is 10.0 Å². The summed E-state index contributed by atoms with van der Waals surface area (Å²) in [5.74, 6) is 0. The van der Waals surface area contributed by atoms with Crippen LogP contribution < -0.4 is 0 Å². The molecule has 1 fully saturated rings. The summed E-state index contributed by atoms with van der Waals surface area (Å²) in [5, 5.41) is 9.28. The standard InChI is InChI=1S/C10H22N2O/c1-9(2)12-6-4-5-11(3)7-10(12)8-13/h9-10,13H,4-8H2,1-3H3. The van der Waals surface area contributed by atoms with E-state index in [0.717, 1.165) is 19.6 Å². The first-order valence-electron chi connectivity index (χ1n) is 5.20. The number of aliphatic hydroxyl groups is 1. The van der Waals surface area contributed by atoms with Gasteiger partial charge in [0, 0.05) is 25.2 Å². The number of hydrogen-bond donors (Lipinski definition) is 1. The highest BCUT2D eigenvalue weighted by molar-refractivity contribution is 4.80. The Bertz CT molecular complexity index is 150. The van der Waals surface area contributed by atoms with E-state index < -0.39 is 0 Å². The van der Waals surface area contributed by atoms with Crippen molar-refractivity contribution in [2.75, 3.05) is 33.3 Å². The van der Waals surface area contributed by atoms with Gasteiger partial charge >= 0.3 is 0 Å². The Morgan fingerprint density at radius 1 is 1.38 bits per heavy atom. The molecule has 0 saturated carbocycles. The molecule has 1 rings (SSSR count). The third kappa shape index (κ3) is 2.93. The van der Waals surface area contributed by atoms with Gasteiger partial charge in [0.2, 0.25) is 0 Å². The van der Waals surface area contributed by atoms with Gasteiger partial charge in [0.1, 0.15) is 0 Å². The minimum atomic E-state index is 0.280. The van der Waals surface area contributed by atoms with Crippen molar-refractivity contribution in [3.8, 4) is 0 Å². The summed E-state index contributed by atoms with van der Waals surface area (Å²) >= 11 is 0. The maximum Gasteiger partial charge on any atom is 0.0599 e. The zero-order chi connectivity index (χ0) is 9.84. The number of likely N-dealkylation sites (N-methyl/N-ethyl adjacent to an activating group) is 1. The number of hydrogen-bond acceptors (Lipinski definition) is 3. The minimum absolute atomic E-state index is 0.280. The summed E-state index contributed by atoms with van der Waals surface area (Å²) in [4.78, 5) is 4.72. The van der Waals surface area contributed by atoms with Gasteiger partial charge in [-0.1, -0.05) is 0 Å². The van der Waals surface area contributed by atoms with Crippen LogP contribution in [-0.2, 0) is 0 Å². The first-order valence-corrected chi connectivity index (χ1v) is 5.20. The van der Waals surface area contributed by atoms with E-state index in [1.165, 1.54) is 6.42 Å². The third-order valence-corrected chi connectivity index (χ3v) is 2.82. The second-order valence-corrected chi connectivity index (χ2v) is 4.28. The van der Waals surface area contributed by atoms with E-state index in [0.29, 0.717) is 12.1 Å². The molecule has 0 amide bonds. The largest absolute Gasteiger partial charge is 0.395 e. The molecule has 0 aromatic heterocycles. The van der Waals surface area contributed by atoms with Gasteiger partial charge in [0.25, 0.3) is 0 Å². The molecule has 1 heterocycles. The molecule has 3 nitrogen and oxygen atoms in total. The van der Waals surface area contributed by atoms with Crippen molar-refractivity contribution < 1.29 is 5.11 Å². The van der Waals surface area contributed by atoms with Gasteiger partial charge in [-0.3, -0.25) is 4.90 Å². The molecule has 1 aliphatic rings. The SMILES string of the molecule is CC(C)N1CCCN(C)CC1CO. The van der Waals surface area contributed by atoms with Crippen LogP contribution in [-0.4, -0.2) is 60.3 Å². The lowest BCUT2D eigenvalue weighted by atomic mass is 10.2. The van der Waals surface area contributed by atoms with Crippen LogP contribution in [0.25, 0.3) is 0 Å². The molecule has 0 aromatic carbocycles. The summed E-state index contributed by atoms with van der Waals surface area (Å²) in [6.07, 6.45) is 1.21. The first-order chi connectivity index (χ1) is 6.15. The average molecular weight is 186 g/mol. The molecular formula is C10H22N2O. The predicted molar refractivity (Wildman–Crippen MR) is 54.8 cm³/mol. The van der Waals surface area contributed by atoms with Crippen LogP contribution in [0.1, 0.15) is 20.3 Å². The average Bonchev–Trinajstić information content (AvgIpc) is 2.26. The number of aliphatic hydroxyl groups excluding tert-OH is 1. The van der Waals surface area contributed by atoms with Crippen molar-refractivity contribution in [3.05, 3.63) is 0 Å². The van der Waals surface area contributed by atoms with Crippen LogP contribution >= 0.6 is 0 Å². The molecule has 1 atom stereocenters. The van der Waals surface area contributed by atoms with Gasteiger partial charge in [-0.15, -0.1) is 0 Å². The molecule has 3 heteroatoms. The highest BCUT2D eigenvalue weighted by atomic mass is 16.3. The van der Waals surface area contributed by atoms with Crippen molar-refractivity contribution in [2.24, 2.45) is 0 Å². The monoisotopic (exact) mass is 186 g/mol. The number of nitrogens with zero attached hydrogens (tertiary/aromatic N) is 2. The molecule has 1 aliphatic heterocycles. The minimum Gasteiger partial charge on any atom is -0.395 e. The van der Waals surface area contributed by atoms with E-state index in [4.69, 9.17) is 0 Å². The zero-order valence-corrected chi connectivity index (χ0v) is 9.03. The summed E-state index contributed by atoms with van der Waals surface area (Å²) in [5.41, 5.74) is 0. The fraction of sp³-hybridized carbons (Fsp3) is 1.00. The molecule has 1 unspecified atom stereocenters. The zero-order valence-electron chi connectivity index (χ0n) is 9.03. The van der Waals surface area contributed by atoms with E-state index in [2.05, 4.69) is 30.7 Å². The lowest BCUT2D eigenvalue weighted by molar-refractivity contribution is 0.0928. The van der Waals surface area contributed by atoms with E-state index in [1.54, 1.807) is 0 Å². The van der Waals surface area contributed by atoms with E-state index >= 15 is 0 Å². The van der Waals surface area contributed by atoms with Crippen LogP contribution in [0.4, 0.5) is 0 Å². The van der Waals surface area contributed by atoms with Crippen molar-refractivity contribution in [3.63, 3.8) is 0 Å². The highest BCUT2D eigenvalue weighted by Crippen LogP contribution is 2.11. The smallest absolute Gasteiger partial charge is 0.0599 e. The molecule has 0 radical (unpaired) electrons. The van der Waals surface area contributed by atoms with Crippen LogP contribution in [0.5, 0.6) is 0 Å². The fourth-order valence-electron chi connectivity index (χ4n) is 2.10. The second kappa shape index (κ2) is 4.94. The van der Waals surface area contributed by atoms with Crippen LogP contribution in [0.15, 0.2) is 0 Å². The van der Waals surface area contributed by atoms with E-state index in [-0.39, 0.29) is 6.61 Å².